The molecule has 1 N–H and O–H groups in total. The van der Waals surface area contributed by atoms with Gasteiger partial charge in [-0.15, -0.1) is 0 Å². The van der Waals surface area contributed by atoms with E-state index in [4.69, 9.17) is 4.74 Å². The summed E-state index contributed by atoms with van der Waals surface area (Å²) in [5, 5.41) is 10.5. The molecular weight excluding hydrogens is 408 g/mol. The number of aromatic nitrogens is 1. The molecule has 1 atom stereocenters. The Labute approximate surface area is 177 Å². The summed E-state index contributed by atoms with van der Waals surface area (Å²) in [6.45, 7) is 7.43. The Balaban J connectivity index is 1.41. The monoisotopic (exact) mass is 440 g/mol. The minimum Gasteiger partial charge on any atom is -0.503 e. The lowest BCUT2D eigenvalue weighted by Crippen LogP contribution is -2.50. The second-order valence-corrected chi connectivity index (χ2v) is 10.8. The van der Waals surface area contributed by atoms with Gasteiger partial charge in [-0.05, 0) is 6.42 Å². The Morgan fingerprint density at radius 2 is 1.73 bits per heavy atom. The molecule has 0 radical (unpaired) electrons. The van der Waals surface area contributed by atoms with Gasteiger partial charge in [0.1, 0.15) is 0 Å². The average Bonchev–Trinajstić information content (AvgIpc) is 3.10. The lowest BCUT2D eigenvalue weighted by Gasteiger charge is -2.38. The number of rotatable bonds is 5. The second kappa shape index (κ2) is 8.96. The molecule has 1 aromatic rings. The van der Waals surface area contributed by atoms with Gasteiger partial charge in [0.15, 0.2) is 15.6 Å². The minimum absolute atomic E-state index is 0.131. The highest BCUT2D eigenvalue weighted by atomic mass is 32.2. The summed E-state index contributed by atoms with van der Waals surface area (Å²) in [5.74, 6) is 0.392. The number of pyridine rings is 1. The van der Waals surface area contributed by atoms with E-state index in [9.17, 15) is 18.3 Å². The number of aromatic hydroxyl groups is 1. The standard InChI is InChI=1S/C20H32N4O5S/c1-21-17(13-23-7-9-29-10-8-23)12-19(25)20(26)18(21)14-22-3-5-24(6-4-22)16-2-11-30(27,28)15-16/h12,16,26H,2-11,13-15H2,1H3/t16-/m0/s1. The van der Waals surface area contributed by atoms with Gasteiger partial charge < -0.3 is 14.4 Å². The summed E-state index contributed by atoms with van der Waals surface area (Å²) in [6.07, 6.45) is 0.723. The molecule has 3 saturated heterocycles. The smallest absolute Gasteiger partial charge is 0.223 e. The highest BCUT2D eigenvalue weighted by Gasteiger charge is 2.33. The fourth-order valence-electron chi connectivity index (χ4n) is 4.67. The number of sulfone groups is 1. The molecule has 0 unspecified atom stereocenters. The quantitative estimate of drug-likeness (QED) is 0.638. The molecule has 3 aliphatic heterocycles. The first-order valence-electron chi connectivity index (χ1n) is 10.7. The van der Waals surface area contributed by atoms with Crippen LogP contribution in [-0.2, 0) is 34.7 Å². The third kappa shape index (κ3) is 4.88. The average molecular weight is 441 g/mol. The lowest BCUT2D eigenvalue weighted by molar-refractivity contribution is 0.0330. The first-order valence-corrected chi connectivity index (χ1v) is 12.5. The summed E-state index contributed by atoms with van der Waals surface area (Å²) >= 11 is 0. The Morgan fingerprint density at radius 1 is 1.07 bits per heavy atom. The van der Waals surface area contributed by atoms with Crippen molar-refractivity contribution >= 4 is 9.84 Å². The number of ether oxygens (including phenoxy) is 1. The maximum atomic E-state index is 12.4. The SMILES string of the molecule is Cn1c(CN2CCOCC2)cc(=O)c(O)c1CN1CCN([C@H]2CCS(=O)(=O)C2)CC1. The van der Waals surface area contributed by atoms with Gasteiger partial charge in [0.25, 0.3) is 0 Å². The molecule has 168 valence electrons. The van der Waals surface area contributed by atoms with E-state index in [1.54, 1.807) is 0 Å². The first-order chi connectivity index (χ1) is 14.3. The van der Waals surface area contributed by atoms with Crippen LogP contribution >= 0.6 is 0 Å². The van der Waals surface area contributed by atoms with Gasteiger partial charge >= 0.3 is 0 Å². The molecule has 0 bridgehead atoms. The topological polar surface area (TPSA) is 95.3 Å². The molecule has 9 nitrogen and oxygen atoms in total. The van der Waals surface area contributed by atoms with Crippen LogP contribution in [0.4, 0.5) is 0 Å². The molecule has 3 aliphatic rings. The van der Waals surface area contributed by atoms with Crippen molar-refractivity contribution in [2.24, 2.45) is 7.05 Å². The molecule has 10 heteroatoms. The van der Waals surface area contributed by atoms with Crippen molar-refractivity contribution in [1.82, 2.24) is 19.3 Å². The second-order valence-electron chi connectivity index (χ2n) is 8.61. The third-order valence-corrected chi connectivity index (χ3v) is 8.38. The van der Waals surface area contributed by atoms with Crippen LogP contribution in [0.5, 0.6) is 5.75 Å². The number of morpholine rings is 1. The van der Waals surface area contributed by atoms with Gasteiger partial charge in [-0.25, -0.2) is 8.42 Å². The van der Waals surface area contributed by atoms with Gasteiger partial charge in [0.2, 0.25) is 5.43 Å². The van der Waals surface area contributed by atoms with Crippen molar-refractivity contribution in [3.05, 3.63) is 27.7 Å². The molecule has 0 saturated carbocycles. The van der Waals surface area contributed by atoms with Crippen molar-refractivity contribution in [2.75, 3.05) is 64.0 Å². The normalized spacial score (nSPS) is 26.2. The molecule has 0 aliphatic carbocycles. The predicted octanol–water partition coefficient (Wildman–Crippen LogP) is -0.772. The van der Waals surface area contributed by atoms with Crippen LogP contribution in [0.25, 0.3) is 0 Å². The molecule has 30 heavy (non-hydrogen) atoms. The molecular formula is C20H32N4O5S. The largest absolute Gasteiger partial charge is 0.503 e. The number of hydrogen-bond acceptors (Lipinski definition) is 8. The summed E-state index contributed by atoms with van der Waals surface area (Å²) in [7, 11) is -0.972. The summed E-state index contributed by atoms with van der Waals surface area (Å²) in [5.41, 5.74) is 1.20. The van der Waals surface area contributed by atoms with Crippen molar-refractivity contribution in [3.63, 3.8) is 0 Å². The van der Waals surface area contributed by atoms with Gasteiger partial charge in [0, 0.05) is 77.2 Å². The number of piperazine rings is 1. The van der Waals surface area contributed by atoms with Crippen LogP contribution < -0.4 is 5.43 Å². The number of nitrogens with zero attached hydrogens (tertiary/aromatic N) is 4. The Morgan fingerprint density at radius 3 is 2.37 bits per heavy atom. The maximum Gasteiger partial charge on any atom is 0.223 e. The van der Waals surface area contributed by atoms with E-state index in [2.05, 4.69) is 14.7 Å². The molecule has 1 aromatic heterocycles. The van der Waals surface area contributed by atoms with Crippen molar-refractivity contribution in [2.45, 2.75) is 25.6 Å². The predicted molar refractivity (Wildman–Crippen MR) is 113 cm³/mol. The molecule has 0 aromatic carbocycles. The maximum absolute atomic E-state index is 12.4. The molecule has 0 amide bonds. The highest BCUT2D eigenvalue weighted by Crippen LogP contribution is 2.22. The van der Waals surface area contributed by atoms with E-state index < -0.39 is 9.84 Å². The van der Waals surface area contributed by atoms with Crippen LogP contribution in [0.15, 0.2) is 10.9 Å². The fourth-order valence-corrected chi connectivity index (χ4v) is 6.44. The van der Waals surface area contributed by atoms with Crippen LogP contribution in [0, 0.1) is 0 Å². The Hall–Kier alpha value is -1.46. The minimum atomic E-state index is -2.88. The van der Waals surface area contributed by atoms with E-state index >= 15 is 0 Å². The zero-order chi connectivity index (χ0) is 21.3. The van der Waals surface area contributed by atoms with Gasteiger partial charge in [-0.2, -0.15) is 0 Å². The number of hydrogen-bond donors (Lipinski definition) is 1. The van der Waals surface area contributed by atoms with Crippen LogP contribution in [0.2, 0.25) is 0 Å². The van der Waals surface area contributed by atoms with Crippen LogP contribution in [0.1, 0.15) is 17.8 Å². The van der Waals surface area contributed by atoms with Crippen molar-refractivity contribution in [3.8, 4) is 5.75 Å². The summed E-state index contributed by atoms with van der Waals surface area (Å²) in [4.78, 5) is 19.2. The van der Waals surface area contributed by atoms with Gasteiger partial charge in [0.05, 0.1) is 30.4 Å². The highest BCUT2D eigenvalue weighted by molar-refractivity contribution is 7.91. The lowest BCUT2D eigenvalue weighted by atomic mass is 10.1. The van der Waals surface area contributed by atoms with Gasteiger partial charge in [-0.1, -0.05) is 0 Å². The Kier molecular flexibility index (Phi) is 6.50. The van der Waals surface area contributed by atoms with E-state index in [-0.39, 0.29) is 23.0 Å². The van der Waals surface area contributed by atoms with Gasteiger partial charge in [-0.3, -0.25) is 19.5 Å². The van der Waals surface area contributed by atoms with Crippen molar-refractivity contribution in [1.29, 1.82) is 0 Å². The Bertz CT molecular complexity index is 918. The zero-order valence-corrected chi connectivity index (χ0v) is 18.4. The summed E-state index contributed by atoms with van der Waals surface area (Å²) < 4.78 is 30.9. The van der Waals surface area contributed by atoms with Crippen LogP contribution in [0.3, 0.4) is 0 Å². The first kappa shape index (κ1) is 21.8. The zero-order valence-electron chi connectivity index (χ0n) is 17.6. The van der Waals surface area contributed by atoms with Crippen LogP contribution in [-0.4, -0.2) is 103 Å². The van der Waals surface area contributed by atoms with E-state index in [0.717, 1.165) is 51.4 Å². The van der Waals surface area contributed by atoms with Crippen molar-refractivity contribution < 1.29 is 18.3 Å². The summed E-state index contributed by atoms with van der Waals surface area (Å²) in [6, 6.07) is 1.67. The molecule has 0 spiro atoms. The molecule has 3 fully saturated rings. The van der Waals surface area contributed by atoms with E-state index in [1.165, 1.54) is 6.07 Å². The molecule has 4 rings (SSSR count). The van der Waals surface area contributed by atoms with E-state index in [0.29, 0.717) is 37.8 Å². The fraction of sp³-hybridized carbons (Fsp3) is 0.750. The van der Waals surface area contributed by atoms with E-state index in [1.807, 2.05) is 11.6 Å². The molecule has 4 heterocycles. The third-order valence-electron chi connectivity index (χ3n) is 6.63.